The molecular weight excluding hydrogens is 291 g/mol. The molecule has 0 saturated carbocycles. The van der Waals surface area contributed by atoms with E-state index in [4.69, 9.17) is 11.6 Å². The molecule has 0 aromatic heterocycles. The third-order valence-corrected chi connectivity index (χ3v) is 3.85. The second-order valence-electron chi connectivity index (χ2n) is 4.96. The molecule has 0 aliphatic carbocycles. The zero-order valence-corrected chi connectivity index (χ0v) is 11.5. The number of carbonyl (C=O) groups excluding carboxylic acids is 1. The molecule has 1 atom stereocenters. The normalized spacial score (nSPS) is 19.4. The van der Waals surface area contributed by atoms with Crippen molar-refractivity contribution in [2.45, 2.75) is 31.4 Å². The van der Waals surface area contributed by atoms with Crippen molar-refractivity contribution in [1.29, 1.82) is 0 Å². The summed E-state index contributed by atoms with van der Waals surface area (Å²) in [4.78, 5) is 13.2. The smallest absolute Gasteiger partial charge is 0.342 e. The van der Waals surface area contributed by atoms with Gasteiger partial charge in [0.1, 0.15) is 0 Å². The van der Waals surface area contributed by atoms with Crippen LogP contribution in [0.2, 0.25) is 5.02 Å². The highest BCUT2D eigenvalue weighted by Crippen LogP contribution is 2.32. The maximum Gasteiger partial charge on any atom is 0.389 e. The van der Waals surface area contributed by atoms with Crippen LogP contribution in [0.4, 0.5) is 13.2 Å². The van der Waals surface area contributed by atoms with Gasteiger partial charge in [-0.05, 0) is 18.1 Å². The van der Waals surface area contributed by atoms with E-state index in [2.05, 4.69) is 0 Å². The van der Waals surface area contributed by atoms with Gasteiger partial charge in [0, 0.05) is 30.5 Å². The summed E-state index contributed by atoms with van der Waals surface area (Å²) in [6.07, 6.45) is -5.07. The molecule has 1 heterocycles. The average Bonchev–Trinajstić information content (AvgIpc) is 2.85. The van der Waals surface area contributed by atoms with Crippen LogP contribution in [0.1, 0.15) is 30.7 Å². The number of halogens is 4. The van der Waals surface area contributed by atoms with Gasteiger partial charge >= 0.3 is 6.18 Å². The second-order valence-corrected chi connectivity index (χ2v) is 5.37. The Morgan fingerprint density at radius 1 is 1.35 bits per heavy atom. The summed E-state index contributed by atoms with van der Waals surface area (Å²) in [5.41, 5.74) is 0.959. The van der Waals surface area contributed by atoms with Gasteiger partial charge in [-0.2, -0.15) is 13.2 Å². The SMILES string of the molecule is O=C(CCC(F)(F)F)N1CC[C@@H](c2ccccc2Cl)C1. The van der Waals surface area contributed by atoms with Crippen molar-refractivity contribution in [3.8, 4) is 0 Å². The van der Waals surface area contributed by atoms with E-state index < -0.39 is 24.9 Å². The number of nitrogens with zero attached hydrogens (tertiary/aromatic N) is 1. The highest BCUT2D eigenvalue weighted by Gasteiger charge is 2.32. The van der Waals surface area contributed by atoms with Gasteiger partial charge in [0.15, 0.2) is 0 Å². The molecule has 0 unspecified atom stereocenters. The number of benzene rings is 1. The predicted molar refractivity (Wildman–Crippen MR) is 70.7 cm³/mol. The minimum Gasteiger partial charge on any atom is -0.342 e. The lowest BCUT2D eigenvalue weighted by molar-refractivity contribution is -0.148. The van der Waals surface area contributed by atoms with Crippen LogP contribution in [0, 0.1) is 0 Å². The lowest BCUT2D eigenvalue weighted by Crippen LogP contribution is -2.29. The minimum absolute atomic E-state index is 0.110. The average molecular weight is 306 g/mol. The zero-order valence-electron chi connectivity index (χ0n) is 10.8. The number of hydrogen-bond donors (Lipinski definition) is 0. The van der Waals surface area contributed by atoms with Crippen LogP contribution in [-0.4, -0.2) is 30.1 Å². The summed E-state index contributed by atoms with van der Waals surface area (Å²) >= 11 is 6.10. The van der Waals surface area contributed by atoms with Crippen LogP contribution < -0.4 is 0 Å². The van der Waals surface area contributed by atoms with Crippen molar-refractivity contribution in [2.75, 3.05) is 13.1 Å². The first-order valence-electron chi connectivity index (χ1n) is 6.46. The van der Waals surface area contributed by atoms with Crippen LogP contribution in [-0.2, 0) is 4.79 Å². The van der Waals surface area contributed by atoms with Gasteiger partial charge < -0.3 is 4.90 Å². The summed E-state index contributed by atoms with van der Waals surface area (Å²) in [6, 6.07) is 7.38. The molecule has 1 aliphatic rings. The minimum atomic E-state index is -4.28. The van der Waals surface area contributed by atoms with E-state index >= 15 is 0 Å². The Morgan fingerprint density at radius 3 is 2.70 bits per heavy atom. The van der Waals surface area contributed by atoms with Gasteiger partial charge in [0.2, 0.25) is 5.91 Å². The summed E-state index contributed by atoms with van der Waals surface area (Å²) in [7, 11) is 0. The first kappa shape index (κ1) is 15.2. The monoisotopic (exact) mass is 305 g/mol. The first-order valence-corrected chi connectivity index (χ1v) is 6.83. The van der Waals surface area contributed by atoms with Gasteiger partial charge in [0.05, 0.1) is 6.42 Å². The summed E-state index contributed by atoms with van der Waals surface area (Å²) < 4.78 is 36.3. The topological polar surface area (TPSA) is 20.3 Å². The summed E-state index contributed by atoms with van der Waals surface area (Å²) in [6.45, 7) is 0.938. The molecule has 1 aromatic carbocycles. The third kappa shape index (κ3) is 3.88. The van der Waals surface area contributed by atoms with Crippen LogP contribution in [0.3, 0.4) is 0 Å². The third-order valence-electron chi connectivity index (χ3n) is 3.51. The quantitative estimate of drug-likeness (QED) is 0.826. The van der Waals surface area contributed by atoms with Gasteiger partial charge in [0.25, 0.3) is 0 Å². The van der Waals surface area contributed by atoms with E-state index in [9.17, 15) is 18.0 Å². The number of hydrogen-bond acceptors (Lipinski definition) is 1. The fraction of sp³-hybridized carbons (Fsp3) is 0.500. The van der Waals surface area contributed by atoms with Crippen LogP contribution in [0.15, 0.2) is 24.3 Å². The van der Waals surface area contributed by atoms with Crippen molar-refractivity contribution < 1.29 is 18.0 Å². The van der Waals surface area contributed by atoms with Crippen molar-refractivity contribution in [3.05, 3.63) is 34.9 Å². The van der Waals surface area contributed by atoms with Crippen LogP contribution >= 0.6 is 11.6 Å². The molecule has 0 spiro atoms. The van der Waals surface area contributed by atoms with E-state index in [1.54, 1.807) is 6.07 Å². The lowest BCUT2D eigenvalue weighted by atomic mass is 9.98. The van der Waals surface area contributed by atoms with Crippen molar-refractivity contribution in [3.63, 3.8) is 0 Å². The lowest BCUT2D eigenvalue weighted by Gasteiger charge is -2.17. The van der Waals surface area contributed by atoms with E-state index in [0.717, 1.165) is 12.0 Å². The molecular formula is C14H15ClF3NO. The number of alkyl halides is 3. The van der Waals surface area contributed by atoms with Gasteiger partial charge in [-0.3, -0.25) is 4.79 Å². The number of rotatable bonds is 3. The van der Waals surface area contributed by atoms with Gasteiger partial charge in [-0.25, -0.2) is 0 Å². The molecule has 1 aliphatic heterocycles. The molecule has 6 heteroatoms. The second kappa shape index (κ2) is 6.04. The van der Waals surface area contributed by atoms with Gasteiger partial charge in [-0.15, -0.1) is 0 Å². The molecule has 1 fully saturated rings. The van der Waals surface area contributed by atoms with Crippen LogP contribution in [0.5, 0.6) is 0 Å². The van der Waals surface area contributed by atoms with Crippen molar-refractivity contribution in [1.82, 2.24) is 4.90 Å². The van der Waals surface area contributed by atoms with Crippen molar-refractivity contribution >= 4 is 17.5 Å². The Hall–Kier alpha value is -1.23. The number of amides is 1. The Morgan fingerprint density at radius 2 is 2.05 bits per heavy atom. The van der Waals surface area contributed by atoms with E-state index in [1.807, 2.05) is 18.2 Å². The Balaban J connectivity index is 1.92. The highest BCUT2D eigenvalue weighted by molar-refractivity contribution is 6.31. The molecule has 2 rings (SSSR count). The molecule has 110 valence electrons. The fourth-order valence-electron chi connectivity index (χ4n) is 2.45. The fourth-order valence-corrected chi connectivity index (χ4v) is 2.74. The number of likely N-dealkylation sites (tertiary alicyclic amines) is 1. The Kier molecular flexibility index (Phi) is 4.58. The standard InChI is InChI=1S/C14H15ClF3NO/c15-12-4-2-1-3-11(12)10-6-8-19(9-10)13(20)5-7-14(16,17)18/h1-4,10H,5-9H2/t10-/m1/s1. The molecule has 1 aromatic rings. The highest BCUT2D eigenvalue weighted by atomic mass is 35.5. The zero-order chi connectivity index (χ0) is 14.8. The molecule has 1 amide bonds. The maximum atomic E-state index is 12.1. The molecule has 0 radical (unpaired) electrons. The Labute approximate surface area is 120 Å². The largest absolute Gasteiger partial charge is 0.389 e. The van der Waals surface area contributed by atoms with E-state index in [1.165, 1.54) is 4.90 Å². The predicted octanol–water partition coefficient (Wildman–Crippen LogP) is 4.00. The van der Waals surface area contributed by atoms with Crippen LogP contribution in [0.25, 0.3) is 0 Å². The van der Waals surface area contributed by atoms with Gasteiger partial charge in [-0.1, -0.05) is 29.8 Å². The molecule has 0 N–H and O–H groups in total. The maximum absolute atomic E-state index is 12.1. The van der Waals surface area contributed by atoms with Crippen molar-refractivity contribution in [2.24, 2.45) is 0 Å². The Bertz CT molecular complexity index is 490. The summed E-state index contributed by atoms with van der Waals surface area (Å²) in [5, 5.41) is 0.641. The molecule has 20 heavy (non-hydrogen) atoms. The number of carbonyl (C=O) groups is 1. The van der Waals surface area contributed by atoms with E-state index in [0.29, 0.717) is 18.1 Å². The summed E-state index contributed by atoms with van der Waals surface area (Å²) in [5.74, 6) is -0.324. The molecule has 1 saturated heterocycles. The first-order chi connectivity index (χ1) is 9.37. The molecule has 2 nitrogen and oxygen atoms in total. The molecule has 0 bridgehead atoms. The van der Waals surface area contributed by atoms with E-state index in [-0.39, 0.29) is 5.92 Å².